The number of aliphatic carboxylic acids is 1. The third-order valence-corrected chi connectivity index (χ3v) is 2.98. The van der Waals surface area contributed by atoms with E-state index in [1.54, 1.807) is 0 Å². The Hall–Kier alpha value is -2.58. The van der Waals surface area contributed by atoms with E-state index < -0.39 is 30.1 Å². The number of hydrogen-bond acceptors (Lipinski definition) is 6. The summed E-state index contributed by atoms with van der Waals surface area (Å²) in [6.45, 7) is 0.463. The Morgan fingerprint density at radius 2 is 1.95 bits per heavy atom. The van der Waals surface area contributed by atoms with E-state index in [0.717, 1.165) is 13.0 Å². The van der Waals surface area contributed by atoms with Gasteiger partial charge in [-0.2, -0.15) is 0 Å². The number of aliphatic hydroxyl groups is 2. The predicted molar refractivity (Wildman–Crippen MR) is 76.1 cm³/mol. The van der Waals surface area contributed by atoms with Gasteiger partial charge in [0, 0.05) is 12.6 Å². The average Bonchev–Trinajstić information content (AvgIpc) is 2.45. The highest BCUT2D eigenvalue weighted by Crippen LogP contribution is 2.25. The summed E-state index contributed by atoms with van der Waals surface area (Å²) in [5, 5.41) is 48.3. The second kappa shape index (κ2) is 6.92. The topological polar surface area (TPSA) is 147 Å². The van der Waals surface area contributed by atoms with Gasteiger partial charge in [-0.1, -0.05) is 6.07 Å². The maximum Gasteiger partial charge on any atom is 0.338 e. The van der Waals surface area contributed by atoms with E-state index in [2.05, 4.69) is 5.32 Å². The van der Waals surface area contributed by atoms with Gasteiger partial charge < -0.3 is 30.8 Å². The van der Waals surface area contributed by atoms with Crippen LogP contribution in [0.1, 0.15) is 12.5 Å². The fraction of sp³-hybridized carbons (Fsp3) is 0.286. The molecule has 22 heavy (non-hydrogen) atoms. The summed E-state index contributed by atoms with van der Waals surface area (Å²) in [7, 11) is 0. The van der Waals surface area contributed by atoms with Gasteiger partial charge >= 0.3 is 5.97 Å². The molecule has 0 spiro atoms. The van der Waals surface area contributed by atoms with E-state index in [1.165, 1.54) is 24.3 Å². The van der Waals surface area contributed by atoms with Crippen LogP contribution in [0.25, 0.3) is 6.08 Å². The van der Waals surface area contributed by atoms with Crippen molar-refractivity contribution in [3.05, 3.63) is 29.8 Å². The fourth-order valence-corrected chi connectivity index (χ4v) is 1.41. The molecular formula is C14H17NO7. The molecular weight excluding hydrogens is 294 g/mol. The summed E-state index contributed by atoms with van der Waals surface area (Å²) in [5.74, 6) is -2.87. The van der Waals surface area contributed by atoms with Crippen LogP contribution in [0.4, 0.5) is 0 Å². The Bertz CT molecular complexity index is 595. The number of nitrogens with one attached hydrogen (secondary N) is 1. The van der Waals surface area contributed by atoms with E-state index in [0.29, 0.717) is 5.56 Å². The lowest BCUT2D eigenvalue weighted by molar-refractivity contribution is -0.168. The molecule has 0 aliphatic rings. The number of carboxylic acid groups (broad SMARTS) is 1. The van der Waals surface area contributed by atoms with Gasteiger partial charge in [0.25, 0.3) is 0 Å². The lowest BCUT2D eigenvalue weighted by Crippen LogP contribution is -2.51. The molecule has 0 aliphatic heterocycles. The maximum atomic E-state index is 11.5. The van der Waals surface area contributed by atoms with Crippen LogP contribution in [-0.2, 0) is 9.59 Å². The minimum atomic E-state index is -2.38. The van der Waals surface area contributed by atoms with Crippen LogP contribution in [0, 0.1) is 0 Å². The molecule has 0 fully saturated rings. The third-order valence-electron chi connectivity index (χ3n) is 2.98. The summed E-state index contributed by atoms with van der Waals surface area (Å²) in [6.07, 6.45) is 0.754. The summed E-state index contributed by atoms with van der Waals surface area (Å²) < 4.78 is 0. The fourth-order valence-electron chi connectivity index (χ4n) is 1.41. The smallest absolute Gasteiger partial charge is 0.338 e. The van der Waals surface area contributed by atoms with Gasteiger partial charge in [-0.3, -0.25) is 4.79 Å². The second-order valence-corrected chi connectivity index (χ2v) is 4.80. The summed E-state index contributed by atoms with van der Waals surface area (Å²) in [5.41, 5.74) is -1.93. The minimum absolute atomic E-state index is 0.291. The zero-order valence-corrected chi connectivity index (χ0v) is 11.7. The van der Waals surface area contributed by atoms with Crippen molar-refractivity contribution >= 4 is 18.0 Å². The first-order valence-electron chi connectivity index (χ1n) is 6.26. The van der Waals surface area contributed by atoms with E-state index >= 15 is 0 Å². The summed E-state index contributed by atoms with van der Waals surface area (Å²) in [6, 6.07) is 3.95. The number of phenolic OH excluding ortho intramolecular Hbond substituents is 2. The molecule has 1 aromatic rings. The Morgan fingerprint density at radius 1 is 1.32 bits per heavy atom. The van der Waals surface area contributed by atoms with Gasteiger partial charge in [0.05, 0.1) is 0 Å². The van der Waals surface area contributed by atoms with E-state index in [1.807, 2.05) is 0 Å². The highest BCUT2D eigenvalue weighted by atomic mass is 16.4. The van der Waals surface area contributed by atoms with Crippen LogP contribution < -0.4 is 5.32 Å². The number of carbonyl (C=O) groups is 2. The van der Waals surface area contributed by atoms with Gasteiger partial charge in [-0.15, -0.1) is 0 Å². The SMILES string of the molecule is C[C@@](O)(C(=O)O)[C@H](O)CNC(=O)/C=C\c1ccc(O)c(O)c1. The molecule has 6 N–H and O–H groups in total. The van der Waals surface area contributed by atoms with Crippen LogP contribution >= 0.6 is 0 Å². The Kier molecular flexibility index (Phi) is 5.50. The Labute approximate surface area is 126 Å². The van der Waals surface area contributed by atoms with Gasteiger partial charge in [0.15, 0.2) is 17.1 Å². The molecule has 0 saturated heterocycles. The number of phenols is 2. The normalized spacial score (nSPS) is 15.2. The van der Waals surface area contributed by atoms with Crippen molar-refractivity contribution in [1.29, 1.82) is 0 Å². The zero-order chi connectivity index (χ0) is 16.9. The molecule has 0 unspecified atom stereocenters. The second-order valence-electron chi connectivity index (χ2n) is 4.80. The molecule has 2 atom stereocenters. The van der Waals surface area contributed by atoms with E-state index in [-0.39, 0.29) is 11.5 Å². The molecule has 1 aromatic carbocycles. The maximum absolute atomic E-state index is 11.5. The van der Waals surface area contributed by atoms with Crippen molar-refractivity contribution in [1.82, 2.24) is 5.32 Å². The molecule has 8 heteroatoms. The lowest BCUT2D eigenvalue weighted by Gasteiger charge is -2.24. The molecule has 8 nitrogen and oxygen atoms in total. The zero-order valence-electron chi connectivity index (χ0n) is 11.7. The summed E-state index contributed by atoms with van der Waals surface area (Å²) in [4.78, 5) is 22.2. The largest absolute Gasteiger partial charge is 0.504 e. The van der Waals surface area contributed by atoms with Crippen LogP contribution in [0.3, 0.4) is 0 Å². The predicted octanol–water partition coefficient (Wildman–Crippen LogP) is -0.576. The van der Waals surface area contributed by atoms with E-state index in [4.69, 9.17) is 10.2 Å². The molecule has 0 radical (unpaired) electrons. The number of carbonyl (C=O) groups excluding carboxylic acids is 1. The van der Waals surface area contributed by atoms with Gasteiger partial charge in [-0.05, 0) is 30.7 Å². The van der Waals surface area contributed by atoms with Crippen molar-refractivity contribution in [2.75, 3.05) is 6.54 Å². The number of carboxylic acids is 1. The van der Waals surface area contributed by atoms with Crippen molar-refractivity contribution in [3.8, 4) is 11.5 Å². The van der Waals surface area contributed by atoms with Crippen LogP contribution in [0.2, 0.25) is 0 Å². The van der Waals surface area contributed by atoms with Gasteiger partial charge in [-0.25, -0.2) is 4.79 Å². The minimum Gasteiger partial charge on any atom is -0.504 e. The molecule has 0 aromatic heterocycles. The molecule has 0 saturated carbocycles. The number of rotatable bonds is 6. The highest BCUT2D eigenvalue weighted by Gasteiger charge is 2.38. The molecule has 0 heterocycles. The van der Waals surface area contributed by atoms with Crippen molar-refractivity contribution in [2.45, 2.75) is 18.6 Å². The van der Waals surface area contributed by atoms with Crippen LogP contribution in [0.5, 0.6) is 11.5 Å². The standard InChI is InChI=1S/C14H17NO7/c1-14(22,13(20)21)11(18)7-15-12(19)5-3-8-2-4-9(16)10(17)6-8/h2-6,11,16-18,22H,7H2,1H3,(H,15,19)(H,20,21)/b5-3-/t11-,14+/m1/s1. The van der Waals surface area contributed by atoms with Crippen molar-refractivity contribution in [3.63, 3.8) is 0 Å². The van der Waals surface area contributed by atoms with Crippen molar-refractivity contribution < 1.29 is 35.1 Å². The average molecular weight is 311 g/mol. The number of hydrogen-bond donors (Lipinski definition) is 6. The number of benzene rings is 1. The monoisotopic (exact) mass is 311 g/mol. The molecule has 1 amide bonds. The summed E-state index contributed by atoms with van der Waals surface area (Å²) >= 11 is 0. The number of aliphatic hydroxyl groups excluding tert-OH is 1. The lowest BCUT2D eigenvalue weighted by atomic mass is 9.99. The third kappa shape index (κ3) is 4.47. The molecule has 120 valence electrons. The molecule has 0 bridgehead atoms. The number of aromatic hydroxyl groups is 2. The first-order chi connectivity index (χ1) is 10.1. The first kappa shape index (κ1) is 17.5. The molecule has 1 rings (SSSR count). The quantitative estimate of drug-likeness (QED) is 0.304. The first-order valence-corrected chi connectivity index (χ1v) is 6.26. The van der Waals surface area contributed by atoms with Gasteiger partial charge in [0.2, 0.25) is 5.91 Å². The van der Waals surface area contributed by atoms with Gasteiger partial charge in [0.1, 0.15) is 6.10 Å². The van der Waals surface area contributed by atoms with E-state index in [9.17, 15) is 24.9 Å². The van der Waals surface area contributed by atoms with Crippen molar-refractivity contribution in [2.24, 2.45) is 0 Å². The Balaban J connectivity index is 2.58. The molecule has 0 aliphatic carbocycles. The Morgan fingerprint density at radius 3 is 2.50 bits per heavy atom. The highest BCUT2D eigenvalue weighted by molar-refractivity contribution is 5.91. The van der Waals surface area contributed by atoms with Crippen LogP contribution in [-0.4, -0.2) is 55.7 Å². The number of amides is 1. The van der Waals surface area contributed by atoms with Crippen LogP contribution in [0.15, 0.2) is 24.3 Å².